The first kappa shape index (κ1) is 51.3. The molecule has 324 valence electrons. The van der Waals surface area contributed by atoms with Gasteiger partial charge in [-0.15, -0.1) is 0 Å². The predicted octanol–water partition coefficient (Wildman–Crippen LogP) is -6.85. The number of hydrogen-bond donors (Lipinski definition) is 15. The summed E-state index contributed by atoms with van der Waals surface area (Å²) < 4.78 is 0. The molecule has 0 aromatic carbocycles. The van der Waals surface area contributed by atoms with Gasteiger partial charge >= 0.3 is 11.9 Å². The van der Waals surface area contributed by atoms with E-state index in [-0.39, 0.29) is 63.1 Å². The number of carboxylic acids is 2. The minimum atomic E-state index is -1.59. The van der Waals surface area contributed by atoms with Gasteiger partial charge in [-0.25, -0.2) is 0 Å². The van der Waals surface area contributed by atoms with Crippen molar-refractivity contribution in [1.82, 2.24) is 42.5 Å². The van der Waals surface area contributed by atoms with E-state index in [2.05, 4.69) is 47.2 Å². The third kappa shape index (κ3) is 27.6. The van der Waals surface area contributed by atoms with Crippen molar-refractivity contribution in [2.45, 2.75) is 95.5 Å². The molecule has 0 bridgehead atoms. The van der Waals surface area contributed by atoms with Gasteiger partial charge in [-0.2, -0.15) is 0 Å². The van der Waals surface area contributed by atoms with Gasteiger partial charge in [0.2, 0.25) is 35.4 Å². The number of rotatable bonds is 30. The van der Waals surface area contributed by atoms with Crippen molar-refractivity contribution in [3.63, 3.8) is 0 Å². The number of hydrogen-bond acceptors (Lipinski definition) is 14. The number of nitrogens with zero attached hydrogens (tertiary/aromatic N) is 2. The van der Waals surface area contributed by atoms with Crippen molar-refractivity contribution in [3.05, 3.63) is 0 Å². The first-order chi connectivity index (χ1) is 26.7. The fourth-order valence-electron chi connectivity index (χ4n) is 4.91. The Hall–Kier alpha value is -5.66. The first-order valence-electron chi connectivity index (χ1n) is 18.2. The van der Waals surface area contributed by atoms with Gasteiger partial charge in [0.05, 0.1) is 44.1 Å². The number of carbonyl (C=O) groups is 8. The summed E-state index contributed by atoms with van der Waals surface area (Å²) in [4.78, 5) is 105. The van der Waals surface area contributed by atoms with Gasteiger partial charge < -0.3 is 76.1 Å². The zero-order chi connectivity index (χ0) is 43.5. The molecule has 0 aliphatic carbocycles. The van der Waals surface area contributed by atoms with E-state index in [4.69, 9.17) is 28.7 Å². The summed E-state index contributed by atoms with van der Waals surface area (Å²) in [5, 5.41) is 39.6. The molecule has 25 nitrogen and oxygen atoms in total. The Morgan fingerprint density at radius 1 is 0.614 bits per heavy atom. The number of carbonyl (C=O) groups excluding carboxylic acids is 6. The average Bonchev–Trinajstić information content (AvgIpc) is 3.08. The minimum Gasteiger partial charge on any atom is -0.481 e. The second kappa shape index (κ2) is 28.7. The lowest BCUT2D eigenvalue weighted by Gasteiger charge is -2.24. The molecule has 0 heterocycles. The summed E-state index contributed by atoms with van der Waals surface area (Å²) in [5.74, 6) is -6.77. The molecule has 0 saturated heterocycles. The normalized spacial score (nSPS) is 13.9. The van der Waals surface area contributed by atoms with E-state index in [1.807, 2.05) is 5.32 Å². The van der Waals surface area contributed by atoms with Crippen LogP contribution in [0.3, 0.4) is 0 Å². The third-order valence-electron chi connectivity index (χ3n) is 7.66. The fourth-order valence-corrected chi connectivity index (χ4v) is 4.91. The fraction of sp³-hybridized carbons (Fsp3) is 0.688. The van der Waals surface area contributed by atoms with Gasteiger partial charge in [0.1, 0.15) is 6.04 Å². The maximum absolute atomic E-state index is 12.9. The average molecular weight is 816 g/mol. The van der Waals surface area contributed by atoms with Crippen molar-refractivity contribution in [3.8, 4) is 0 Å². The number of nitrogens with one attached hydrogen (secondary N) is 8. The summed E-state index contributed by atoms with van der Waals surface area (Å²) in [5.41, 5.74) is 26.9. The maximum atomic E-state index is 12.9. The third-order valence-corrected chi connectivity index (χ3v) is 7.66. The van der Waals surface area contributed by atoms with E-state index in [0.717, 1.165) is 0 Å². The molecular weight excluding hydrogens is 754 g/mol. The van der Waals surface area contributed by atoms with Crippen LogP contribution in [0.4, 0.5) is 0 Å². The van der Waals surface area contributed by atoms with Gasteiger partial charge in [0.25, 0.3) is 0 Å². The Labute approximate surface area is 330 Å². The molecule has 0 aromatic heterocycles. The number of guanidine groups is 2. The Kier molecular flexibility index (Phi) is 25.9. The van der Waals surface area contributed by atoms with Crippen LogP contribution in [0.25, 0.3) is 0 Å². The van der Waals surface area contributed by atoms with E-state index in [1.165, 1.54) is 20.8 Å². The van der Waals surface area contributed by atoms with E-state index >= 15 is 0 Å². The maximum Gasteiger partial charge on any atom is 0.305 e. The van der Waals surface area contributed by atoms with Crippen molar-refractivity contribution < 1.29 is 48.6 Å². The van der Waals surface area contributed by atoms with E-state index in [9.17, 15) is 48.6 Å². The smallest absolute Gasteiger partial charge is 0.305 e. The minimum absolute atomic E-state index is 0.0187. The van der Waals surface area contributed by atoms with Gasteiger partial charge in [-0.1, -0.05) is 0 Å². The van der Waals surface area contributed by atoms with Crippen LogP contribution in [0.1, 0.15) is 59.3 Å². The second-order valence-corrected chi connectivity index (χ2v) is 13.1. The number of amides is 6. The molecule has 6 atom stereocenters. The molecule has 0 radical (unpaired) electrons. The van der Waals surface area contributed by atoms with Crippen LogP contribution in [-0.2, 0) is 38.4 Å². The SMILES string of the molecule is CC(=O)N[C@H](CCCN=C(N)N)CNCC(=O)N[C@@H](CNCC(=O)N[C@H](CCCN=C(N)N)CN[C@@H](C)C(=O)N[C@@H](CC(=O)O)C(=O)NC(=O)[C@H](C)N)CC(=O)O. The van der Waals surface area contributed by atoms with Crippen LogP contribution < -0.4 is 71.2 Å². The highest BCUT2D eigenvalue weighted by Gasteiger charge is 2.28. The predicted molar refractivity (Wildman–Crippen MR) is 208 cm³/mol. The highest BCUT2D eigenvalue weighted by molar-refractivity contribution is 6.02. The molecular formula is C32H61N15O10. The number of aliphatic imine (C=N–C) groups is 2. The van der Waals surface area contributed by atoms with Gasteiger partial charge in [0, 0.05) is 51.7 Å². The van der Waals surface area contributed by atoms with Crippen molar-refractivity contribution in [2.24, 2.45) is 38.7 Å². The molecule has 0 aliphatic heterocycles. The quantitative estimate of drug-likeness (QED) is 0.0182. The zero-order valence-electron chi connectivity index (χ0n) is 32.6. The van der Waals surface area contributed by atoms with Crippen LogP contribution in [0.2, 0.25) is 0 Å². The Bertz CT molecular complexity index is 1400. The van der Waals surface area contributed by atoms with E-state index in [1.54, 1.807) is 0 Å². The van der Waals surface area contributed by atoms with Crippen molar-refractivity contribution >= 4 is 59.3 Å². The number of nitrogens with two attached hydrogens (primary N) is 5. The molecule has 57 heavy (non-hydrogen) atoms. The number of carboxylic acid groups (broad SMARTS) is 2. The number of aliphatic carboxylic acids is 2. The van der Waals surface area contributed by atoms with Gasteiger partial charge in [-0.3, -0.25) is 53.7 Å². The molecule has 25 heteroatoms. The van der Waals surface area contributed by atoms with E-state index < -0.39 is 84.5 Å². The highest BCUT2D eigenvalue weighted by Crippen LogP contribution is 2.01. The van der Waals surface area contributed by atoms with Crippen molar-refractivity contribution in [2.75, 3.05) is 45.8 Å². The molecule has 0 rings (SSSR count). The monoisotopic (exact) mass is 815 g/mol. The summed E-state index contributed by atoms with van der Waals surface area (Å²) in [6.07, 6.45) is 0.572. The van der Waals surface area contributed by atoms with Crippen LogP contribution >= 0.6 is 0 Å². The lowest BCUT2D eigenvalue weighted by Crippen LogP contribution is -2.56. The molecule has 0 aliphatic rings. The molecule has 0 spiro atoms. The number of imide groups is 1. The zero-order valence-corrected chi connectivity index (χ0v) is 32.6. The second-order valence-electron chi connectivity index (χ2n) is 13.1. The van der Waals surface area contributed by atoms with E-state index in [0.29, 0.717) is 32.2 Å². The molecule has 0 fully saturated rings. The molecule has 0 unspecified atom stereocenters. The Balaban J connectivity index is 5.29. The summed E-state index contributed by atoms with van der Waals surface area (Å²) in [6.45, 7) is 4.40. The van der Waals surface area contributed by atoms with Crippen LogP contribution in [-0.4, -0.2) is 152 Å². The molecule has 0 aromatic rings. The lowest BCUT2D eigenvalue weighted by molar-refractivity contribution is -0.142. The largest absolute Gasteiger partial charge is 0.481 e. The highest BCUT2D eigenvalue weighted by atomic mass is 16.4. The molecule has 0 saturated carbocycles. The Morgan fingerprint density at radius 2 is 1.09 bits per heavy atom. The summed E-state index contributed by atoms with van der Waals surface area (Å²) in [6, 6.07) is -5.47. The lowest BCUT2D eigenvalue weighted by atomic mass is 10.1. The standard InChI is InChI=1S/C32H61N15O10/c1-17(33)28(55)47-30(57)23(11-27(53)54)46-29(56)18(2)42-14-21(7-5-9-41-32(36)37)44-24(49)15-39-13-22(10-26(51)52)45-25(50)16-38-12-20(43-19(3)48)6-4-8-40-31(34)35/h17-18,20-23,38-39,42H,4-16,33H2,1-3H3,(H,43,48)(H,44,49)(H,45,50)(H,46,56)(H,51,52)(H,53,54)(H4,34,35,40)(H4,36,37,41)(H,47,55,57)/t17-,18-,20+,21+,22+,23-/m0/s1. The summed E-state index contributed by atoms with van der Waals surface area (Å²) in [7, 11) is 0. The van der Waals surface area contributed by atoms with Gasteiger partial charge in [0.15, 0.2) is 11.9 Å². The molecule has 6 amide bonds. The van der Waals surface area contributed by atoms with Crippen LogP contribution in [0, 0.1) is 0 Å². The summed E-state index contributed by atoms with van der Waals surface area (Å²) >= 11 is 0. The van der Waals surface area contributed by atoms with Crippen molar-refractivity contribution in [1.29, 1.82) is 0 Å². The van der Waals surface area contributed by atoms with Crippen LogP contribution in [0.5, 0.6) is 0 Å². The van der Waals surface area contributed by atoms with Crippen LogP contribution in [0.15, 0.2) is 9.98 Å². The van der Waals surface area contributed by atoms with Gasteiger partial charge in [-0.05, 0) is 39.5 Å². The topological polar surface area (TPSA) is 428 Å². The first-order valence-corrected chi connectivity index (χ1v) is 18.2. The Morgan fingerprint density at radius 3 is 1.54 bits per heavy atom. The molecule has 20 N–H and O–H groups in total.